The second kappa shape index (κ2) is 13.1. The molecule has 39 heavy (non-hydrogen) atoms. The molecule has 2 amide bonds. The molecule has 7 nitrogen and oxygen atoms in total. The summed E-state index contributed by atoms with van der Waals surface area (Å²) in [6.45, 7) is 9.33. The van der Waals surface area contributed by atoms with E-state index in [0.717, 1.165) is 33.0 Å². The van der Waals surface area contributed by atoms with Crippen LogP contribution < -0.4 is 9.62 Å². The highest BCUT2D eigenvalue weighted by Crippen LogP contribution is 2.27. The molecule has 0 radical (unpaired) electrons. The molecule has 0 spiro atoms. The van der Waals surface area contributed by atoms with Gasteiger partial charge in [0.2, 0.25) is 11.8 Å². The van der Waals surface area contributed by atoms with E-state index in [9.17, 15) is 18.0 Å². The lowest BCUT2D eigenvalue weighted by Gasteiger charge is -2.32. The van der Waals surface area contributed by atoms with E-state index in [1.807, 2.05) is 33.8 Å². The summed E-state index contributed by atoms with van der Waals surface area (Å²) < 4.78 is 29.0. The number of amides is 2. The molecule has 1 unspecified atom stereocenters. The highest BCUT2D eigenvalue weighted by molar-refractivity contribution is 7.92. The number of nitrogens with one attached hydrogen (secondary N) is 1. The van der Waals surface area contributed by atoms with E-state index < -0.39 is 28.5 Å². The Balaban J connectivity index is 2.04. The van der Waals surface area contributed by atoms with Crippen molar-refractivity contribution in [3.63, 3.8) is 0 Å². The van der Waals surface area contributed by atoms with E-state index >= 15 is 0 Å². The number of hydrogen-bond acceptors (Lipinski definition) is 4. The van der Waals surface area contributed by atoms with E-state index in [4.69, 9.17) is 11.6 Å². The van der Waals surface area contributed by atoms with Crippen LogP contribution in [0.15, 0.2) is 71.6 Å². The van der Waals surface area contributed by atoms with Crippen molar-refractivity contribution in [2.75, 3.05) is 17.4 Å². The summed E-state index contributed by atoms with van der Waals surface area (Å²) in [5.74, 6) is -0.808. The fourth-order valence-corrected chi connectivity index (χ4v) is 5.75. The van der Waals surface area contributed by atoms with Crippen LogP contribution in [0.25, 0.3) is 0 Å². The third-order valence-electron chi connectivity index (χ3n) is 6.36. The van der Waals surface area contributed by atoms with Crippen LogP contribution in [0.4, 0.5) is 5.69 Å². The van der Waals surface area contributed by atoms with E-state index in [2.05, 4.69) is 5.32 Å². The van der Waals surface area contributed by atoms with Gasteiger partial charge in [0, 0.05) is 18.1 Å². The summed E-state index contributed by atoms with van der Waals surface area (Å²) in [7, 11) is -4.10. The molecule has 3 rings (SSSR count). The molecule has 0 aromatic heterocycles. The molecule has 3 aromatic carbocycles. The molecule has 0 bridgehead atoms. The minimum atomic E-state index is -4.10. The van der Waals surface area contributed by atoms with Crippen molar-refractivity contribution in [2.45, 2.75) is 58.5 Å². The van der Waals surface area contributed by atoms with Crippen LogP contribution in [0.1, 0.15) is 42.5 Å². The Morgan fingerprint density at radius 3 is 2.05 bits per heavy atom. The zero-order valence-corrected chi connectivity index (χ0v) is 24.6. The number of hydrogen-bond donors (Lipinski definition) is 1. The molecule has 3 aromatic rings. The zero-order chi connectivity index (χ0) is 28.7. The van der Waals surface area contributed by atoms with Crippen LogP contribution >= 0.6 is 11.6 Å². The van der Waals surface area contributed by atoms with Gasteiger partial charge in [-0.2, -0.15) is 0 Å². The highest BCUT2D eigenvalue weighted by Gasteiger charge is 2.32. The second-order valence-electron chi connectivity index (χ2n) is 9.79. The number of carbonyl (C=O) groups excluding carboxylic acids is 2. The molecule has 208 valence electrons. The van der Waals surface area contributed by atoms with Crippen molar-refractivity contribution in [3.05, 3.63) is 94.0 Å². The maximum atomic E-state index is 13.9. The van der Waals surface area contributed by atoms with Crippen LogP contribution in [0.3, 0.4) is 0 Å². The zero-order valence-electron chi connectivity index (χ0n) is 23.1. The molecule has 1 atom stereocenters. The standard InChI is InChI=1S/C30H36ClN3O4S/c1-6-15-32-30(36)24(5)33(19-25-9-11-26(31)12-10-25)29(35)20-34(27-17-22(3)16-23(4)18-27)39(37,38)28-13-7-21(2)8-14-28/h7-14,16-18,24H,6,15,19-20H2,1-5H3,(H,32,36). The van der Waals surface area contributed by atoms with E-state index in [0.29, 0.717) is 17.3 Å². The normalized spacial score (nSPS) is 12.1. The SMILES string of the molecule is CCCNC(=O)C(C)N(Cc1ccc(Cl)cc1)C(=O)CN(c1cc(C)cc(C)c1)S(=O)(=O)c1ccc(C)cc1. The third kappa shape index (κ3) is 7.83. The fraction of sp³-hybridized carbons (Fsp3) is 0.333. The average molecular weight is 570 g/mol. The summed E-state index contributed by atoms with van der Waals surface area (Å²) in [6.07, 6.45) is 0.749. The minimum absolute atomic E-state index is 0.0815. The highest BCUT2D eigenvalue weighted by atomic mass is 35.5. The van der Waals surface area contributed by atoms with Gasteiger partial charge in [-0.25, -0.2) is 8.42 Å². The van der Waals surface area contributed by atoms with Crippen LogP contribution in [0, 0.1) is 20.8 Å². The molecule has 0 fully saturated rings. The predicted octanol–water partition coefficient (Wildman–Crippen LogP) is 5.40. The Kier molecular flexibility index (Phi) is 10.2. The van der Waals surface area contributed by atoms with Crippen molar-refractivity contribution in [1.29, 1.82) is 0 Å². The Labute approximate surface area is 236 Å². The summed E-state index contributed by atoms with van der Waals surface area (Å²) in [5.41, 5.74) is 3.81. The van der Waals surface area contributed by atoms with Crippen molar-refractivity contribution in [1.82, 2.24) is 10.2 Å². The molecular formula is C30H36ClN3O4S. The summed E-state index contributed by atoms with van der Waals surface area (Å²) in [6, 6.07) is 18.1. The van der Waals surface area contributed by atoms with Gasteiger partial charge < -0.3 is 10.2 Å². The lowest BCUT2D eigenvalue weighted by atomic mass is 10.1. The largest absolute Gasteiger partial charge is 0.354 e. The van der Waals surface area contributed by atoms with Gasteiger partial charge in [0.25, 0.3) is 10.0 Å². The number of benzene rings is 3. The first-order chi connectivity index (χ1) is 18.4. The van der Waals surface area contributed by atoms with Crippen molar-refractivity contribution >= 4 is 39.1 Å². The first-order valence-corrected chi connectivity index (χ1v) is 14.7. The maximum absolute atomic E-state index is 13.9. The number of sulfonamides is 1. The van der Waals surface area contributed by atoms with Gasteiger partial charge in [-0.05, 0) is 87.2 Å². The van der Waals surface area contributed by atoms with Gasteiger partial charge in [-0.3, -0.25) is 13.9 Å². The smallest absolute Gasteiger partial charge is 0.264 e. The Morgan fingerprint density at radius 1 is 0.897 bits per heavy atom. The lowest BCUT2D eigenvalue weighted by Crippen LogP contribution is -2.51. The quantitative estimate of drug-likeness (QED) is 0.335. The number of nitrogens with zero attached hydrogens (tertiary/aromatic N) is 2. The Hall–Kier alpha value is -3.36. The summed E-state index contributed by atoms with van der Waals surface area (Å²) in [4.78, 5) is 28.4. The second-order valence-corrected chi connectivity index (χ2v) is 12.1. The molecule has 0 heterocycles. The van der Waals surface area contributed by atoms with E-state index in [1.165, 1.54) is 17.0 Å². The molecular weight excluding hydrogens is 534 g/mol. The Bertz CT molecular complexity index is 1390. The van der Waals surface area contributed by atoms with Crippen molar-refractivity contribution < 1.29 is 18.0 Å². The molecule has 9 heteroatoms. The molecule has 0 aliphatic heterocycles. The van der Waals surface area contributed by atoms with Crippen LogP contribution in [-0.4, -0.2) is 44.3 Å². The third-order valence-corrected chi connectivity index (χ3v) is 8.41. The van der Waals surface area contributed by atoms with Crippen LogP contribution in [0.2, 0.25) is 5.02 Å². The summed E-state index contributed by atoms with van der Waals surface area (Å²) in [5, 5.41) is 3.39. The average Bonchev–Trinajstić information content (AvgIpc) is 2.89. The Morgan fingerprint density at radius 2 is 1.49 bits per heavy atom. The van der Waals surface area contributed by atoms with Crippen molar-refractivity contribution in [3.8, 4) is 0 Å². The number of rotatable bonds is 11. The number of carbonyl (C=O) groups is 2. The molecule has 0 saturated carbocycles. The molecule has 0 aliphatic carbocycles. The van der Waals surface area contributed by atoms with Gasteiger partial charge in [0.15, 0.2) is 0 Å². The van der Waals surface area contributed by atoms with Gasteiger partial charge in [0.1, 0.15) is 12.6 Å². The molecule has 0 saturated heterocycles. The van der Waals surface area contributed by atoms with Crippen molar-refractivity contribution in [2.24, 2.45) is 0 Å². The topological polar surface area (TPSA) is 86.8 Å². The molecule has 1 N–H and O–H groups in total. The van der Waals surface area contributed by atoms with E-state index in [1.54, 1.807) is 55.5 Å². The number of aryl methyl sites for hydroxylation is 3. The number of anilines is 1. The van der Waals surface area contributed by atoms with Crippen LogP contribution in [-0.2, 0) is 26.2 Å². The fourth-order valence-electron chi connectivity index (χ4n) is 4.23. The number of halogens is 1. The summed E-state index contributed by atoms with van der Waals surface area (Å²) >= 11 is 6.04. The monoisotopic (exact) mass is 569 g/mol. The minimum Gasteiger partial charge on any atom is -0.354 e. The maximum Gasteiger partial charge on any atom is 0.264 e. The van der Waals surface area contributed by atoms with Crippen LogP contribution in [0.5, 0.6) is 0 Å². The van der Waals surface area contributed by atoms with Gasteiger partial charge >= 0.3 is 0 Å². The van der Waals surface area contributed by atoms with Gasteiger partial charge in [-0.1, -0.05) is 54.4 Å². The van der Waals surface area contributed by atoms with Gasteiger partial charge in [0.05, 0.1) is 10.6 Å². The van der Waals surface area contributed by atoms with E-state index in [-0.39, 0.29) is 17.3 Å². The lowest BCUT2D eigenvalue weighted by molar-refractivity contribution is -0.139. The first-order valence-electron chi connectivity index (χ1n) is 12.9. The molecule has 0 aliphatic rings. The first kappa shape index (κ1) is 30.2. The van der Waals surface area contributed by atoms with Gasteiger partial charge in [-0.15, -0.1) is 0 Å². The predicted molar refractivity (Wildman–Crippen MR) is 156 cm³/mol.